The van der Waals surface area contributed by atoms with Crippen LogP contribution in [0, 0.1) is 0 Å². The highest BCUT2D eigenvalue weighted by molar-refractivity contribution is 7.17. The number of hydrogen-bond acceptors (Lipinski definition) is 3. The van der Waals surface area contributed by atoms with Gasteiger partial charge < -0.3 is 9.30 Å². The van der Waals surface area contributed by atoms with Crippen LogP contribution in [-0.2, 0) is 18.3 Å². The smallest absolute Gasteiger partial charge is 0.252 e. The number of amides is 1. The average Bonchev–Trinajstić information content (AvgIpc) is 2.91. The summed E-state index contributed by atoms with van der Waals surface area (Å²) in [5.74, 6) is 0.564. The minimum Gasteiger partial charge on any atom is -0.494 e. The molecule has 0 radical (unpaired) electrons. The molecular formula is C18H16Cl2N2O2S. The second-order valence-electron chi connectivity index (χ2n) is 5.41. The summed E-state index contributed by atoms with van der Waals surface area (Å²) in [4.78, 5) is 17.1. The van der Waals surface area contributed by atoms with Gasteiger partial charge in [0.15, 0.2) is 4.80 Å². The summed E-state index contributed by atoms with van der Waals surface area (Å²) in [5.41, 5.74) is 1.67. The van der Waals surface area contributed by atoms with E-state index in [9.17, 15) is 4.79 Å². The average molecular weight is 395 g/mol. The topological polar surface area (TPSA) is 43.6 Å². The Labute approximate surface area is 159 Å². The molecule has 0 unspecified atom stereocenters. The van der Waals surface area contributed by atoms with E-state index in [-0.39, 0.29) is 12.3 Å². The molecule has 4 nitrogen and oxygen atoms in total. The first-order valence-electron chi connectivity index (χ1n) is 7.72. The number of carbonyl (C=O) groups excluding carboxylic acids is 1. The molecule has 3 rings (SSSR count). The van der Waals surface area contributed by atoms with E-state index in [4.69, 9.17) is 27.9 Å². The van der Waals surface area contributed by atoms with Crippen LogP contribution in [0.4, 0.5) is 0 Å². The molecule has 0 bridgehead atoms. The molecule has 0 aliphatic heterocycles. The van der Waals surface area contributed by atoms with Gasteiger partial charge in [-0.2, -0.15) is 4.99 Å². The number of nitrogens with zero attached hydrogens (tertiary/aromatic N) is 2. The lowest BCUT2D eigenvalue weighted by atomic mass is 10.1. The fraction of sp³-hybridized carbons (Fsp3) is 0.222. The van der Waals surface area contributed by atoms with Crippen molar-refractivity contribution in [1.82, 2.24) is 4.57 Å². The molecule has 0 fully saturated rings. The van der Waals surface area contributed by atoms with Crippen LogP contribution in [0.2, 0.25) is 10.0 Å². The van der Waals surface area contributed by atoms with Gasteiger partial charge in [-0.05, 0) is 36.8 Å². The summed E-state index contributed by atoms with van der Waals surface area (Å²) in [6.07, 6.45) is 0.224. The second-order valence-corrected chi connectivity index (χ2v) is 7.20. The Morgan fingerprint density at radius 1 is 1.16 bits per heavy atom. The first kappa shape index (κ1) is 18.0. The first-order chi connectivity index (χ1) is 12.0. The van der Waals surface area contributed by atoms with E-state index in [1.807, 2.05) is 38.2 Å². The lowest BCUT2D eigenvalue weighted by molar-refractivity contribution is -0.117. The number of ether oxygens (including phenoxy) is 1. The van der Waals surface area contributed by atoms with Crippen LogP contribution in [0.3, 0.4) is 0 Å². The zero-order valence-corrected chi connectivity index (χ0v) is 16.1. The fourth-order valence-electron chi connectivity index (χ4n) is 2.48. The third kappa shape index (κ3) is 3.89. The molecule has 0 aliphatic rings. The lowest BCUT2D eigenvalue weighted by Crippen LogP contribution is -2.14. The van der Waals surface area contributed by atoms with Crippen LogP contribution in [0.15, 0.2) is 41.4 Å². The van der Waals surface area contributed by atoms with E-state index in [2.05, 4.69) is 4.99 Å². The Hall–Kier alpha value is -1.82. The molecule has 2 aromatic carbocycles. The summed E-state index contributed by atoms with van der Waals surface area (Å²) in [6.45, 7) is 2.54. The van der Waals surface area contributed by atoms with Gasteiger partial charge in [0.25, 0.3) is 5.91 Å². The number of carbonyl (C=O) groups is 1. The summed E-state index contributed by atoms with van der Waals surface area (Å²) in [7, 11) is 1.82. The van der Waals surface area contributed by atoms with Gasteiger partial charge in [-0.3, -0.25) is 4.79 Å². The van der Waals surface area contributed by atoms with Crippen molar-refractivity contribution in [3.05, 3.63) is 56.8 Å². The Morgan fingerprint density at radius 3 is 2.48 bits per heavy atom. The van der Waals surface area contributed by atoms with Crippen LogP contribution in [0.1, 0.15) is 12.5 Å². The van der Waals surface area contributed by atoms with Crippen molar-refractivity contribution in [2.75, 3.05) is 6.61 Å². The monoisotopic (exact) mass is 394 g/mol. The Morgan fingerprint density at radius 2 is 1.84 bits per heavy atom. The standard InChI is InChI=1S/C18H16Cl2N2O2S/c1-3-24-12-6-4-11(5-7-12)10-15(23)21-18-22(2)16-13(19)8-9-14(20)17(16)25-18/h4-9H,3,10H2,1-2H3. The summed E-state index contributed by atoms with van der Waals surface area (Å²) in [6, 6.07) is 10.9. The molecule has 0 aliphatic carbocycles. The molecular weight excluding hydrogens is 379 g/mol. The number of benzene rings is 2. The highest BCUT2D eigenvalue weighted by Crippen LogP contribution is 2.31. The molecule has 0 N–H and O–H groups in total. The minimum atomic E-state index is -0.224. The van der Waals surface area contributed by atoms with Crippen molar-refractivity contribution in [3.8, 4) is 5.75 Å². The van der Waals surface area contributed by atoms with Crippen molar-refractivity contribution < 1.29 is 9.53 Å². The van der Waals surface area contributed by atoms with Crippen LogP contribution < -0.4 is 9.54 Å². The number of aromatic nitrogens is 1. The van der Waals surface area contributed by atoms with Crippen molar-refractivity contribution in [2.24, 2.45) is 12.0 Å². The van der Waals surface area contributed by atoms with E-state index in [0.717, 1.165) is 21.5 Å². The van der Waals surface area contributed by atoms with E-state index in [1.165, 1.54) is 11.3 Å². The maximum atomic E-state index is 12.3. The van der Waals surface area contributed by atoms with Crippen LogP contribution in [0.5, 0.6) is 5.75 Å². The quantitative estimate of drug-likeness (QED) is 0.647. The maximum absolute atomic E-state index is 12.3. The fourth-order valence-corrected chi connectivity index (χ4v) is 4.15. The van der Waals surface area contributed by atoms with E-state index >= 15 is 0 Å². The highest BCUT2D eigenvalue weighted by Gasteiger charge is 2.11. The third-order valence-electron chi connectivity index (χ3n) is 3.66. The minimum absolute atomic E-state index is 0.224. The summed E-state index contributed by atoms with van der Waals surface area (Å²) in [5, 5.41) is 1.18. The van der Waals surface area contributed by atoms with Crippen molar-refractivity contribution in [2.45, 2.75) is 13.3 Å². The van der Waals surface area contributed by atoms with Crippen LogP contribution >= 0.6 is 34.5 Å². The number of fused-ring (bicyclic) bond motifs is 1. The summed E-state index contributed by atoms with van der Waals surface area (Å²) < 4.78 is 8.02. The lowest BCUT2D eigenvalue weighted by Gasteiger charge is -2.03. The number of hydrogen-bond donors (Lipinski definition) is 0. The van der Waals surface area contributed by atoms with Crippen LogP contribution in [-0.4, -0.2) is 17.1 Å². The molecule has 0 saturated heterocycles. The number of rotatable bonds is 4. The number of aryl methyl sites for hydroxylation is 1. The van der Waals surface area contributed by atoms with Gasteiger partial charge in [-0.1, -0.05) is 46.7 Å². The third-order valence-corrected chi connectivity index (χ3v) is 5.56. The van der Waals surface area contributed by atoms with E-state index in [1.54, 1.807) is 16.7 Å². The van der Waals surface area contributed by atoms with Crippen LogP contribution in [0.25, 0.3) is 10.2 Å². The first-order valence-corrected chi connectivity index (χ1v) is 9.29. The largest absolute Gasteiger partial charge is 0.494 e. The van der Waals surface area contributed by atoms with Gasteiger partial charge in [-0.25, -0.2) is 0 Å². The molecule has 0 atom stereocenters. The predicted octanol–water partition coefficient (Wildman–Crippen LogP) is 4.62. The molecule has 25 heavy (non-hydrogen) atoms. The Bertz CT molecular complexity index is 991. The molecule has 1 amide bonds. The maximum Gasteiger partial charge on any atom is 0.252 e. The predicted molar refractivity (Wildman–Crippen MR) is 103 cm³/mol. The molecule has 7 heteroatoms. The van der Waals surface area contributed by atoms with Crippen molar-refractivity contribution >= 4 is 50.7 Å². The molecule has 1 heterocycles. The van der Waals surface area contributed by atoms with Crippen molar-refractivity contribution in [1.29, 1.82) is 0 Å². The molecule has 1 aromatic heterocycles. The normalized spacial score (nSPS) is 11.9. The zero-order chi connectivity index (χ0) is 18.0. The van der Waals surface area contributed by atoms with Crippen molar-refractivity contribution in [3.63, 3.8) is 0 Å². The number of thiazole rings is 1. The van der Waals surface area contributed by atoms with Gasteiger partial charge in [0, 0.05) is 7.05 Å². The van der Waals surface area contributed by atoms with E-state index < -0.39 is 0 Å². The second kappa shape index (κ2) is 7.60. The molecule has 0 spiro atoms. The van der Waals surface area contributed by atoms with Gasteiger partial charge in [0.05, 0.1) is 33.3 Å². The zero-order valence-electron chi connectivity index (χ0n) is 13.8. The molecule has 130 valence electrons. The molecule has 3 aromatic rings. The highest BCUT2D eigenvalue weighted by atomic mass is 35.5. The van der Waals surface area contributed by atoms with Gasteiger partial charge in [-0.15, -0.1) is 0 Å². The van der Waals surface area contributed by atoms with E-state index in [0.29, 0.717) is 21.5 Å². The molecule has 0 saturated carbocycles. The SMILES string of the molecule is CCOc1ccc(CC(=O)N=c2sc3c(Cl)ccc(Cl)c3n2C)cc1. The Balaban J connectivity index is 1.89. The van der Waals surface area contributed by atoms with Gasteiger partial charge >= 0.3 is 0 Å². The van der Waals surface area contributed by atoms with Gasteiger partial charge in [0.1, 0.15) is 5.75 Å². The Kier molecular flexibility index (Phi) is 5.47. The summed E-state index contributed by atoms with van der Waals surface area (Å²) >= 11 is 13.8. The van der Waals surface area contributed by atoms with Gasteiger partial charge in [0.2, 0.25) is 0 Å². The number of halogens is 2.